The molecule has 0 bridgehead atoms. The van der Waals surface area contributed by atoms with Crippen molar-refractivity contribution in [2.75, 3.05) is 13.2 Å². The predicted octanol–water partition coefficient (Wildman–Crippen LogP) is -2.51. The number of H-pyrrole nitrogens is 1. The molecule has 0 aliphatic carbocycles. The van der Waals surface area contributed by atoms with Crippen LogP contribution in [-0.4, -0.2) is 93.2 Å². The standard InChI is InChI=1S/C25H36N8O8/c26-15(10-13-11-30-16-5-2-1-4-14(13)16)21(37)33-19(12-34)23(39)31-17(6-3-9-29-25(27)28)22(38)32-18(24(40)41)7-8-20(35)36/h1-2,4-5,11,15,17-19,30,34H,3,6-10,12,26H2,(H,31,39)(H,32,38)(H,33,37)(H,35,36)(H,40,41)(H4,27,28,29). The molecule has 16 heteroatoms. The molecule has 0 radical (unpaired) electrons. The molecular formula is C25H36N8O8. The molecule has 224 valence electrons. The summed E-state index contributed by atoms with van der Waals surface area (Å²) >= 11 is 0. The third-order valence-electron chi connectivity index (χ3n) is 6.11. The number of guanidine groups is 1. The molecule has 1 aromatic carbocycles. The zero-order valence-corrected chi connectivity index (χ0v) is 22.2. The number of hydrogen-bond acceptors (Lipinski definition) is 8. The zero-order valence-electron chi connectivity index (χ0n) is 22.2. The fourth-order valence-corrected chi connectivity index (χ4v) is 3.95. The van der Waals surface area contributed by atoms with Crippen LogP contribution in [0.25, 0.3) is 10.9 Å². The summed E-state index contributed by atoms with van der Waals surface area (Å²) in [5.74, 6) is -5.48. The van der Waals surface area contributed by atoms with Crippen LogP contribution in [0.15, 0.2) is 35.5 Å². The molecular weight excluding hydrogens is 540 g/mol. The molecule has 0 saturated heterocycles. The quantitative estimate of drug-likeness (QED) is 0.0533. The average Bonchev–Trinajstić information content (AvgIpc) is 3.32. The van der Waals surface area contributed by atoms with E-state index in [1.165, 1.54) is 0 Å². The first-order valence-electron chi connectivity index (χ1n) is 12.8. The molecule has 0 saturated carbocycles. The molecule has 1 aromatic heterocycles. The Balaban J connectivity index is 2.08. The first-order valence-corrected chi connectivity index (χ1v) is 12.8. The summed E-state index contributed by atoms with van der Waals surface area (Å²) < 4.78 is 0. The molecule has 41 heavy (non-hydrogen) atoms. The van der Waals surface area contributed by atoms with E-state index >= 15 is 0 Å². The minimum Gasteiger partial charge on any atom is -0.481 e. The fourth-order valence-electron chi connectivity index (χ4n) is 3.95. The smallest absolute Gasteiger partial charge is 0.326 e. The summed E-state index contributed by atoms with van der Waals surface area (Å²) in [6.07, 6.45) is 1.09. The van der Waals surface area contributed by atoms with Crippen LogP contribution >= 0.6 is 0 Å². The highest BCUT2D eigenvalue weighted by molar-refractivity contribution is 5.94. The molecule has 3 amide bonds. The van der Waals surface area contributed by atoms with Gasteiger partial charge in [-0.1, -0.05) is 18.2 Å². The molecule has 1 heterocycles. The third kappa shape index (κ3) is 10.4. The minimum atomic E-state index is -1.54. The van der Waals surface area contributed by atoms with Crippen molar-refractivity contribution in [3.05, 3.63) is 36.0 Å². The lowest BCUT2D eigenvalue weighted by molar-refractivity contribution is -0.143. The van der Waals surface area contributed by atoms with Crippen molar-refractivity contribution in [3.8, 4) is 0 Å². The SMILES string of the molecule is NC(N)=NCCCC(NC(=O)C(CO)NC(=O)C(N)Cc1c[nH]c2ccccc12)C(=O)NC(CCC(=O)O)C(=O)O. The van der Waals surface area contributed by atoms with Crippen LogP contribution in [-0.2, 0) is 30.4 Å². The molecule has 2 rings (SSSR count). The van der Waals surface area contributed by atoms with E-state index in [1.807, 2.05) is 24.3 Å². The monoisotopic (exact) mass is 576 g/mol. The average molecular weight is 577 g/mol. The van der Waals surface area contributed by atoms with Gasteiger partial charge in [-0.15, -0.1) is 0 Å². The molecule has 0 spiro atoms. The number of para-hydroxylation sites is 1. The van der Waals surface area contributed by atoms with Crippen molar-refractivity contribution in [2.24, 2.45) is 22.2 Å². The van der Waals surface area contributed by atoms with Gasteiger partial charge in [0.25, 0.3) is 0 Å². The van der Waals surface area contributed by atoms with Crippen molar-refractivity contribution in [3.63, 3.8) is 0 Å². The second kappa shape index (κ2) is 15.8. The fraction of sp³-hybridized carbons (Fsp3) is 0.440. The van der Waals surface area contributed by atoms with Gasteiger partial charge in [0.1, 0.15) is 18.1 Å². The number of nitrogens with two attached hydrogens (primary N) is 3. The lowest BCUT2D eigenvalue weighted by atomic mass is 10.0. The van der Waals surface area contributed by atoms with Crippen LogP contribution in [0.4, 0.5) is 0 Å². The molecule has 0 aliphatic heterocycles. The van der Waals surface area contributed by atoms with Crippen molar-refractivity contribution < 1.29 is 39.3 Å². The van der Waals surface area contributed by atoms with E-state index in [2.05, 4.69) is 25.9 Å². The van der Waals surface area contributed by atoms with Crippen LogP contribution in [0, 0.1) is 0 Å². The van der Waals surface area contributed by atoms with Gasteiger partial charge in [0, 0.05) is 30.1 Å². The molecule has 16 nitrogen and oxygen atoms in total. The number of aromatic amines is 1. The Labute approximate surface area is 234 Å². The molecule has 0 aliphatic rings. The number of carbonyl (C=O) groups is 5. The number of benzene rings is 1. The second-order valence-electron chi connectivity index (χ2n) is 9.26. The number of aromatic nitrogens is 1. The Bertz CT molecular complexity index is 1260. The van der Waals surface area contributed by atoms with Gasteiger partial charge >= 0.3 is 11.9 Å². The van der Waals surface area contributed by atoms with Crippen LogP contribution < -0.4 is 33.2 Å². The van der Waals surface area contributed by atoms with E-state index in [9.17, 15) is 34.2 Å². The largest absolute Gasteiger partial charge is 0.481 e. The maximum Gasteiger partial charge on any atom is 0.326 e. The number of aliphatic hydroxyl groups is 1. The van der Waals surface area contributed by atoms with Crippen molar-refractivity contribution >= 4 is 46.5 Å². The van der Waals surface area contributed by atoms with Gasteiger partial charge in [-0.05, 0) is 37.3 Å². The Morgan fingerprint density at radius 3 is 2.17 bits per heavy atom. The normalized spacial score (nSPS) is 13.8. The van der Waals surface area contributed by atoms with Crippen molar-refractivity contribution in [1.29, 1.82) is 0 Å². The highest BCUT2D eigenvalue weighted by Gasteiger charge is 2.30. The molecule has 0 fully saturated rings. The Kier molecular flexibility index (Phi) is 12.5. The van der Waals surface area contributed by atoms with E-state index in [-0.39, 0.29) is 31.8 Å². The number of nitrogens with zero attached hydrogens (tertiary/aromatic N) is 1. The van der Waals surface area contributed by atoms with Gasteiger partial charge in [0.2, 0.25) is 17.7 Å². The van der Waals surface area contributed by atoms with Gasteiger partial charge in [-0.3, -0.25) is 24.2 Å². The maximum atomic E-state index is 12.9. The molecule has 13 N–H and O–H groups in total. The number of aliphatic imine (C=N–C) groups is 1. The number of rotatable bonds is 17. The number of carboxylic acid groups (broad SMARTS) is 2. The lowest BCUT2D eigenvalue weighted by Gasteiger charge is -2.24. The number of amides is 3. The first-order chi connectivity index (χ1) is 19.4. The van der Waals surface area contributed by atoms with E-state index in [4.69, 9.17) is 22.3 Å². The van der Waals surface area contributed by atoms with Crippen LogP contribution in [0.3, 0.4) is 0 Å². The first kappa shape index (κ1) is 32.5. The Hall–Kier alpha value is -4.70. The highest BCUT2D eigenvalue weighted by atomic mass is 16.4. The number of carbonyl (C=O) groups excluding carboxylic acids is 3. The van der Waals surface area contributed by atoms with Gasteiger partial charge in [-0.2, -0.15) is 0 Å². The predicted molar refractivity (Wildman–Crippen MR) is 147 cm³/mol. The van der Waals surface area contributed by atoms with E-state index in [0.29, 0.717) is 0 Å². The van der Waals surface area contributed by atoms with Crippen LogP contribution in [0.5, 0.6) is 0 Å². The Morgan fingerprint density at radius 1 is 0.902 bits per heavy atom. The molecule has 4 atom stereocenters. The van der Waals surface area contributed by atoms with E-state index < -0.39 is 73.3 Å². The zero-order chi connectivity index (χ0) is 30.5. The van der Waals surface area contributed by atoms with Crippen molar-refractivity contribution in [1.82, 2.24) is 20.9 Å². The lowest BCUT2D eigenvalue weighted by Crippen LogP contribution is -2.58. The number of carboxylic acids is 2. The van der Waals surface area contributed by atoms with Gasteiger partial charge in [0.05, 0.1) is 12.6 Å². The summed E-state index contributed by atoms with van der Waals surface area (Å²) in [7, 11) is 0. The number of nitrogens with one attached hydrogen (secondary N) is 4. The molecule has 2 aromatic rings. The number of hydrogen-bond donors (Lipinski definition) is 10. The van der Waals surface area contributed by atoms with Gasteiger partial charge in [-0.25, -0.2) is 4.79 Å². The number of aliphatic hydroxyl groups excluding tert-OH is 1. The van der Waals surface area contributed by atoms with E-state index in [1.54, 1.807) is 6.20 Å². The summed E-state index contributed by atoms with van der Waals surface area (Å²) in [5.41, 5.74) is 18.3. The topological polar surface area (TPSA) is 288 Å². The van der Waals surface area contributed by atoms with Crippen LogP contribution in [0.1, 0.15) is 31.2 Å². The summed E-state index contributed by atoms with van der Waals surface area (Å²) in [5, 5.41) is 35.8. The van der Waals surface area contributed by atoms with Gasteiger partial charge in [0.15, 0.2) is 5.96 Å². The second-order valence-corrected chi connectivity index (χ2v) is 9.26. The summed E-state index contributed by atoms with van der Waals surface area (Å²) in [6.45, 7) is -0.734. The van der Waals surface area contributed by atoms with E-state index in [0.717, 1.165) is 16.5 Å². The Morgan fingerprint density at radius 2 is 1.54 bits per heavy atom. The summed E-state index contributed by atoms with van der Waals surface area (Å²) in [4.78, 5) is 67.8. The number of aliphatic carboxylic acids is 2. The van der Waals surface area contributed by atoms with Crippen molar-refractivity contribution in [2.45, 2.75) is 56.3 Å². The maximum absolute atomic E-state index is 12.9. The minimum absolute atomic E-state index is 0.0498. The molecule has 4 unspecified atom stereocenters. The van der Waals surface area contributed by atoms with Gasteiger partial charge < -0.3 is 53.5 Å². The third-order valence-corrected chi connectivity index (χ3v) is 6.11. The summed E-state index contributed by atoms with van der Waals surface area (Å²) in [6, 6.07) is 2.02. The number of fused-ring (bicyclic) bond motifs is 1. The highest BCUT2D eigenvalue weighted by Crippen LogP contribution is 2.18. The van der Waals surface area contributed by atoms with Crippen LogP contribution in [0.2, 0.25) is 0 Å².